The fourth-order valence-corrected chi connectivity index (χ4v) is 5.69. The molecule has 3 aromatic heterocycles. The third-order valence-electron chi connectivity index (χ3n) is 7.79. The number of hydrogen-bond donors (Lipinski definition) is 1. The van der Waals surface area contributed by atoms with E-state index in [4.69, 9.17) is 26.4 Å². The van der Waals surface area contributed by atoms with Crippen molar-refractivity contribution in [2.45, 2.75) is 33.7 Å². The Morgan fingerprint density at radius 1 is 1.20 bits per heavy atom. The maximum absolute atomic E-state index is 15.5. The van der Waals surface area contributed by atoms with E-state index in [0.29, 0.717) is 36.0 Å². The van der Waals surface area contributed by atoms with Crippen LogP contribution in [0.15, 0.2) is 64.6 Å². The number of nitrogens with zero attached hydrogens (tertiary/aromatic N) is 5. The summed E-state index contributed by atoms with van der Waals surface area (Å²) in [4.78, 5) is 39.0. The second-order valence-electron chi connectivity index (χ2n) is 11.0. The van der Waals surface area contributed by atoms with Gasteiger partial charge in [-0.15, -0.1) is 0 Å². The number of benzene rings is 1. The fraction of sp³-hybridized carbons (Fsp3) is 0.281. The molecule has 12 heteroatoms. The molecule has 5 rings (SSSR count). The lowest BCUT2D eigenvalue weighted by Crippen LogP contribution is -2.54. The molecule has 1 atom stereocenters. The number of carbonyl (C=O) groups excluding carboxylic acids is 1. The summed E-state index contributed by atoms with van der Waals surface area (Å²) < 4.78 is 36.9. The van der Waals surface area contributed by atoms with Gasteiger partial charge in [0.25, 0.3) is 0 Å². The molecule has 1 fully saturated rings. The van der Waals surface area contributed by atoms with Crippen LogP contribution in [0.3, 0.4) is 0 Å². The van der Waals surface area contributed by atoms with Gasteiger partial charge in [-0.25, -0.2) is 23.1 Å². The summed E-state index contributed by atoms with van der Waals surface area (Å²) in [5.41, 5.74) is -0.293. The van der Waals surface area contributed by atoms with Gasteiger partial charge in [-0.2, -0.15) is 4.98 Å². The fourth-order valence-electron chi connectivity index (χ4n) is 5.45. The van der Waals surface area contributed by atoms with Gasteiger partial charge in [-0.05, 0) is 49.6 Å². The zero-order chi connectivity index (χ0) is 32.0. The van der Waals surface area contributed by atoms with Gasteiger partial charge in [-0.3, -0.25) is 4.79 Å². The average molecular weight is 621 g/mol. The number of nitrogens with one attached hydrogen (secondary N) is 1. The predicted octanol–water partition coefficient (Wildman–Crippen LogP) is 6.45. The maximum Gasteiger partial charge on any atom is 0.355 e. The highest BCUT2D eigenvalue weighted by atomic mass is 35.5. The SMILES string of the molecule is C=CC(=O)N1CCN(c2nc(=O)n(/C(C(=N)C(C)C)=C(\C)C=C)c3nc(-c4c(F)c(F)cc5ccoc45)c(Cl)cc23)[C@@H](C)C1. The molecule has 0 aliphatic carbocycles. The quantitative estimate of drug-likeness (QED) is 0.144. The van der Waals surface area contributed by atoms with E-state index in [0.717, 1.165) is 6.07 Å². The molecule has 1 N–H and O–H groups in total. The molecule has 0 saturated carbocycles. The number of rotatable bonds is 7. The topological polar surface area (TPSA) is 108 Å². The Hall–Kier alpha value is -4.64. The Morgan fingerprint density at radius 3 is 2.57 bits per heavy atom. The van der Waals surface area contributed by atoms with E-state index in [9.17, 15) is 14.0 Å². The van der Waals surface area contributed by atoms with Gasteiger partial charge in [-0.1, -0.05) is 44.7 Å². The molecule has 1 aliphatic rings. The molecular weight excluding hydrogens is 590 g/mol. The monoisotopic (exact) mass is 620 g/mol. The van der Waals surface area contributed by atoms with Crippen molar-refractivity contribution >= 4 is 56.7 Å². The van der Waals surface area contributed by atoms with Crippen LogP contribution in [-0.2, 0) is 4.79 Å². The normalized spacial score (nSPS) is 16.0. The van der Waals surface area contributed by atoms with Crippen LogP contribution in [0.25, 0.3) is 39.0 Å². The summed E-state index contributed by atoms with van der Waals surface area (Å²) in [6, 6.07) is 3.75. The highest BCUT2D eigenvalue weighted by Crippen LogP contribution is 2.39. The number of piperazine rings is 1. The standard InChI is InChI=1S/C32H31ClF2N6O3/c1-7-17(5)28(26(36)16(3)4)41-31-20(30(38-32(41)43)40-11-10-39(15-18(40)6)23(42)8-2)14-21(33)27(37-31)24-25(35)22(34)13-19-9-12-44-29(19)24/h7-9,12-14,16,18,36H,1-2,10-11,15H2,3-6H3/b28-17+,36-26?/t18-/m0/s1. The number of fused-ring (bicyclic) bond motifs is 2. The van der Waals surface area contributed by atoms with Crippen LogP contribution in [0.5, 0.6) is 0 Å². The van der Waals surface area contributed by atoms with E-state index in [1.54, 1.807) is 11.8 Å². The number of hydrogen-bond acceptors (Lipinski definition) is 7. The van der Waals surface area contributed by atoms with E-state index in [-0.39, 0.29) is 62.6 Å². The first kappa shape index (κ1) is 30.8. The van der Waals surface area contributed by atoms with Gasteiger partial charge < -0.3 is 19.6 Å². The lowest BCUT2D eigenvalue weighted by Gasteiger charge is -2.40. The minimum absolute atomic E-state index is 0.0289. The summed E-state index contributed by atoms with van der Waals surface area (Å²) in [6.07, 6.45) is 4.07. The second kappa shape index (κ2) is 11.8. The molecular formula is C32H31ClF2N6O3. The van der Waals surface area contributed by atoms with Gasteiger partial charge in [0.05, 0.1) is 39.3 Å². The van der Waals surface area contributed by atoms with Crippen molar-refractivity contribution in [3.63, 3.8) is 0 Å². The van der Waals surface area contributed by atoms with Gasteiger partial charge >= 0.3 is 5.69 Å². The Labute approximate surface area is 257 Å². The van der Waals surface area contributed by atoms with Gasteiger partial charge in [0.15, 0.2) is 17.3 Å². The van der Waals surface area contributed by atoms with E-state index in [1.165, 1.54) is 35.1 Å². The van der Waals surface area contributed by atoms with E-state index < -0.39 is 17.3 Å². The van der Waals surface area contributed by atoms with Gasteiger partial charge in [0.2, 0.25) is 5.91 Å². The molecule has 228 valence electrons. The van der Waals surface area contributed by atoms with E-state index in [1.807, 2.05) is 25.7 Å². The Balaban J connectivity index is 1.87. The minimum atomic E-state index is -1.21. The molecule has 0 bridgehead atoms. The molecule has 1 saturated heterocycles. The molecule has 1 aliphatic heterocycles. The van der Waals surface area contributed by atoms with Crippen LogP contribution in [0.4, 0.5) is 14.6 Å². The van der Waals surface area contributed by atoms with Crippen LogP contribution < -0.4 is 10.6 Å². The zero-order valence-electron chi connectivity index (χ0n) is 24.7. The number of carbonyl (C=O) groups is 1. The van der Waals surface area contributed by atoms with E-state index in [2.05, 4.69) is 18.1 Å². The minimum Gasteiger partial charge on any atom is -0.464 e. The Bertz CT molecular complexity index is 1960. The number of anilines is 1. The van der Waals surface area contributed by atoms with Crippen LogP contribution in [0.1, 0.15) is 27.7 Å². The lowest BCUT2D eigenvalue weighted by atomic mass is 10.0. The summed E-state index contributed by atoms with van der Waals surface area (Å²) in [5.74, 6) is -2.58. The van der Waals surface area contributed by atoms with Crippen molar-refractivity contribution in [3.8, 4) is 11.3 Å². The number of allylic oxidation sites excluding steroid dienone is 3. The van der Waals surface area contributed by atoms with Crippen molar-refractivity contribution in [3.05, 3.63) is 82.5 Å². The number of furan rings is 1. The number of halogens is 3. The number of amides is 1. The first-order chi connectivity index (χ1) is 20.9. The third-order valence-corrected chi connectivity index (χ3v) is 8.08. The molecule has 44 heavy (non-hydrogen) atoms. The largest absolute Gasteiger partial charge is 0.464 e. The first-order valence-corrected chi connectivity index (χ1v) is 14.4. The van der Waals surface area contributed by atoms with Gasteiger partial charge in [0.1, 0.15) is 11.4 Å². The Kier molecular flexibility index (Phi) is 8.26. The summed E-state index contributed by atoms with van der Waals surface area (Å²) in [6.45, 7) is 15.7. The molecule has 9 nitrogen and oxygen atoms in total. The number of aromatic nitrogens is 3. The average Bonchev–Trinajstić information content (AvgIpc) is 3.46. The summed E-state index contributed by atoms with van der Waals surface area (Å²) in [5, 5.41) is 9.49. The lowest BCUT2D eigenvalue weighted by molar-refractivity contribution is -0.126. The van der Waals surface area contributed by atoms with Gasteiger partial charge in [0, 0.05) is 31.1 Å². The Morgan fingerprint density at radius 2 is 1.93 bits per heavy atom. The molecule has 4 heterocycles. The van der Waals surface area contributed by atoms with E-state index >= 15 is 4.39 Å². The molecule has 1 aromatic carbocycles. The zero-order valence-corrected chi connectivity index (χ0v) is 25.5. The van der Waals surface area contributed by atoms with Crippen LogP contribution in [0, 0.1) is 23.0 Å². The smallest absolute Gasteiger partial charge is 0.355 e. The van der Waals surface area contributed by atoms with Crippen molar-refractivity contribution in [2.24, 2.45) is 5.92 Å². The third kappa shape index (κ3) is 5.11. The predicted molar refractivity (Wildman–Crippen MR) is 169 cm³/mol. The van der Waals surface area contributed by atoms with Crippen molar-refractivity contribution < 1.29 is 18.0 Å². The van der Waals surface area contributed by atoms with Crippen molar-refractivity contribution in [1.82, 2.24) is 19.4 Å². The van der Waals surface area contributed by atoms with Crippen LogP contribution >= 0.6 is 11.6 Å². The number of pyridine rings is 1. The van der Waals surface area contributed by atoms with Crippen LogP contribution in [-0.4, -0.2) is 56.7 Å². The van der Waals surface area contributed by atoms with Crippen molar-refractivity contribution in [1.29, 1.82) is 5.41 Å². The molecule has 0 spiro atoms. The highest BCUT2D eigenvalue weighted by molar-refractivity contribution is 6.34. The maximum atomic E-state index is 15.5. The highest BCUT2D eigenvalue weighted by Gasteiger charge is 2.31. The molecule has 0 unspecified atom stereocenters. The molecule has 4 aromatic rings. The van der Waals surface area contributed by atoms with Crippen LogP contribution in [0.2, 0.25) is 5.02 Å². The summed E-state index contributed by atoms with van der Waals surface area (Å²) >= 11 is 6.77. The molecule has 0 radical (unpaired) electrons. The first-order valence-electron chi connectivity index (χ1n) is 14.0. The van der Waals surface area contributed by atoms with Crippen molar-refractivity contribution in [2.75, 3.05) is 24.5 Å². The summed E-state index contributed by atoms with van der Waals surface area (Å²) in [7, 11) is 0. The second-order valence-corrected chi connectivity index (χ2v) is 11.4. The molecule has 1 amide bonds.